The van der Waals surface area contributed by atoms with Gasteiger partial charge >= 0.3 is 5.97 Å². The van der Waals surface area contributed by atoms with Crippen molar-refractivity contribution >= 4 is 18.0 Å². The number of nitrogens with zero attached hydrogens (tertiary/aromatic N) is 3. The summed E-state index contributed by atoms with van der Waals surface area (Å²) in [5, 5.41) is 13.1. The third kappa shape index (κ3) is 5.81. The summed E-state index contributed by atoms with van der Waals surface area (Å²) in [4.78, 5) is 24.9. The zero-order chi connectivity index (χ0) is 21.3. The maximum absolute atomic E-state index is 12.4. The number of aliphatic carboxylic acids is 1. The summed E-state index contributed by atoms with van der Waals surface area (Å²) in [7, 11) is 1.72. The minimum Gasteiger partial charge on any atom is -0.491 e. The number of carbonyl (C=O) groups excluding carboxylic acids is 1. The fraction of sp³-hybridized carbons (Fsp3) is 0.174. The lowest BCUT2D eigenvalue weighted by Crippen LogP contribution is -2.30. The first-order valence-corrected chi connectivity index (χ1v) is 9.47. The number of carboxylic acids is 1. The van der Waals surface area contributed by atoms with Gasteiger partial charge in [0.2, 0.25) is 0 Å². The number of carbonyl (C=O) groups is 2. The molecule has 1 heterocycles. The van der Waals surface area contributed by atoms with Crippen LogP contribution < -0.4 is 4.74 Å². The predicted octanol–water partition coefficient (Wildman–Crippen LogP) is 3.18. The van der Waals surface area contributed by atoms with E-state index in [9.17, 15) is 9.59 Å². The molecule has 1 N–H and O–H groups in total. The molecule has 0 aliphatic rings. The minimum absolute atomic E-state index is 0.0855. The van der Waals surface area contributed by atoms with E-state index in [1.807, 2.05) is 48.7 Å². The number of ether oxygens (including phenoxy) is 1. The summed E-state index contributed by atoms with van der Waals surface area (Å²) in [6.07, 6.45) is 6.14. The molecule has 0 aliphatic heterocycles. The van der Waals surface area contributed by atoms with Gasteiger partial charge in [-0.05, 0) is 35.9 Å². The van der Waals surface area contributed by atoms with Crippen molar-refractivity contribution in [3.63, 3.8) is 0 Å². The third-order valence-electron chi connectivity index (χ3n) is 4.44. The van der Waals surface area contributed by atoms with Gasteiger partial charge < -0.3 is 14.7 Å². The van der Waals surface area contributed by atoms with Gasteiger partial charge in [0.25, 0.3) is 5.91 Å². The molecule has 0 spiro atoms. The van der Waals surface area contributed by atoms with Gasteiger partial charge in [0.15, 0.2) is 0 Å². The maximum Gasteiger partial charge on any atom is 0.328 e. The Kier molecular flexibility index (Phi) is 7.00. The first kappa shape index (κ1) is 20.9. The summed E-state index contributed by atoms with van der Waals surface area (Å²) in [5.41, 5.74) is 2.24. The van der Waals surface area contributed by atoms with E-state index in [1.54, 1.807) is 35.0 Å². The number of aromatic nitrogens is 2. The lowest BCUT2D eigenvalue weighted by Gasteiger charge is -2.18. The van der Waals surface area contributed by atoms with E-state index < -0.39 is 5.97 Å². The van der Waals surface area contributed by atoms with Gasteiger partial charge in [-0.15, -0.1) is 0 Å². The van der Waals surface area contributed by atoms with Crippen molar-refractivity contribution in [2.45, 2.75) is 6.54 Å². The van der Waals surface area contributed by atoms with Gasteiger partial charge in [-0.2, -0.15) is 5.10 Å². The zero-order valence-corrected chi connectivity index (χ0v) is 16.6. The van der Waals surface area contributed by atoms with Crippen molar-refractivity contribution in [3.8, 4) is 5.75 Å². The monoisotopic (exact) mass is 405 g/mol. The first-order valence-electron chi connectivity index (χ1n) is 9.47. The lowest BCUT2D eigenvalue weighted by atomic mass is 10.1. The zero-order valence-electron chi connectivity index (χ0n) is 16.6. The van der Waals surface area contributed by atoms with E-state index in [4.69, 9.17) is 9.84 Å². The molecule has 7 heteroatoms. The van der Waals surface area contributed by atoms with Crippen LogP contribution in [0, 0.1) is 0 Å². The van der Waals surface area contributed by atoms with Gasteiger partial charge in [0.05, 0.1) is 13.1 Å². The lowest BCUT2D eigenvalue weighted by molar-refractivity contribution is -0.131. The number of hydrogen-bond acceptors (Lipinski definition) is 4. The van der Waals surface area contributed by atoms with Crippen molar-refractivity contribution in [1.29, 1.82) is 0 Å². The molecule has 154 valence electrons. The average molecular weight is 405 g/mol. The van der Waals surface area contributed by atoms with Crippen LogP contribution in [0.1, 0.15) is 21.5 Å². The fourth-order valence-corrected chi connectivity index (χ4v) is 2.88. The molecule has 30 heavy (non-hydrogen) atoms. The molecule has 3 rings (SSSR count). The van der Waals surface area contributed by atoms with Gasteiger partial charge in [0, 0.05) is 36.6 Å². The van der Waals surface area contributed by atoms with E-state index in [1.165, 1.54) is 6.08 Å². The Balaban J connectivity index is 1.68. The smallest absolute Gasteiger partial charge is 0.328 e. The Labute approximate surface area is 174 Å². The number of rotatable bonds is 9. The second-order valence-corrected chi connectivity index (χ2v) is 6.69. The molecule has 0 atom stereocenters. The van der Waals surface area contributed by atoms with Crippen molar-refractivity contribution in [3.05, 3.63) is 89.8 Å². The molecule has 0 unspecified atom stereocenters. The van der Waals surface area contributed by atoms with Crippen LogP contribution in [0.5, 0.6) is 5.75 Å². The normalized spacial score (nSPS) is 10.8. The highest BCUT2D eigenvalue weighted by atomic mass is 16.5. The quantitative estimate of drug-likeness (QED) is 0.553. The molecule has 0 saturated carbocycles. The number of hydrogen-bond donors (Lipinski definition) is 1. The number of benzene rings is 2. The molecule has 0 radical (unpaired) electrons. The van der Waals surface area contributed by atoms with E-state index in [0.717, 1.165) is 11.6 Å². The average Bonchev–Trinajstić information content (AvgIpc) is 3.26. The molecule has 1 amide bonds. The van der Waals surface area contributed by atoms with E-state index in [-0.39, 0.29) is 12.5 Å². The molecular formula is C23H23N3O4. The van der Waals surface area contributed by atoms with Gasteiger partial charge in [-0.25, -0.2) is 4.79 Å². The Morgan fingerprint density at radius 3 is 2.67 bits per heavy atom. The van der Waals surface area contributed by atoms with Gasteiger partial charge in [-0.3, -0.25) is 9.48 Å². The van der Waals surface area contributed by atoms with Crippen LogP contribution in [0.4, 0.5) is 0 Å². The van der Waals surface area contributed by atoms with Crippen LogP contribution in [-0.2, 0) is 11.3 Å². The summed E-state index contributed by atoms with van der Waals surface area (Å²) >= 11 is 0. The molecule has 0 aliphatic carbocycles. The highest BCUT2D eigenvalue weighted by Crippen LogP contribution is 2.23. The Hall–Kier alpha value is -3.87. The molecule has 3 aromatic rings. The van der Waals surface area contributed by atoms with Gasteiger partial charge in [-0.1, -0.05) is 30.3 Å². The van der Waals surface area contributed by atoms with E-state index in [2.05, 4.69) is 5.10 Å². The second kappa shape index (κ2) is 10.1. The Bertz CT molecular complexity index is 1010. The van der Waals surface area contributed by atoms with E-state index in [0.29, 0.717) is 30.0 Å². The highest BCUT2D eigenvalue weighted by Gasteiger charge is 2.12. The van der Waals surface area contributed by atoms with Crippen LogP contribution >= 0.6 is 0 Å². The van der Waals surface area contributed by atoms with E-state index >= 15 is 0 Å². The number of likely N-dealkylation sites (N-methyl/N-ethyl adjacent to an activating group) is 1. The molecule has 0 bridgehead atoms. The summed E-state index contributed by atoms with van der Waals surface area (Å²) in [6, 6.07) is 16.5. The summed E-state index contributed by atoms with van der Waals surface area (Å²) in [6.45, 7) is 1.23. The SMILES string of the molecule is CN(CCOc1cc(Cn2cccn2)ccc1/C=C/C(=O)O)C(=O)c1ccccc1. The molecule has 7 nitrogen and oxygen atoms in total. The molecule has 2 aromatic carbocycles. The molecule has 0 saturated heterocycles. The minimum atomic E-state index is -1.03. The summed E-state index contributed by atoms with van der Waals surface area (Å²) < 4.78 is 7.71. The summed E-state index contributed by atoms with van der Waals surface area (Å²) in [5.74, 6) is -0.565. The van der Waals surface area contributed by atoms with Crippen molar-refractivity contribution < 1.29 is 19.4 Å². The van der Waals surface area contributed by atoms with Crippen LogP contribution in [0.3, 0.4) is 0 Å². The maximum atomic E-state index is 12.4. The molecule has 1 aromatic heterocycles. The number of amides is 1. The Morgan fingerprint density at radius 2 is 1.97 bits per heavy atom. The molecular weight excluding hydrogens is 382 g/mol. The first-order chi connectivity index (χ1) is 14.5. The van der Waals surface area contributed by atoms with Crippen LogP contribution in [0.25, 0.3) is 6.08 Å². The Morgan fingerprint density at radius 1 is 1.17 bits per heavy atom. The van der Waals surface area contributed by atoms with Crippen molar-refractivity contribution in [2.24, 2.45) is 0 Å². The molecule has 0 fully saturated rings. The van der Waals surface area contributed by atoms with Crippen LogP contribution in [-0.4, -0.2) is 51.9 Å². The second-order valence-electron chi connectivity index (χ2n) is 6.69. The third-order valence-corrected chi connectivity index (χ3v) is 4.44. The highest BCUT2D eigenvalue weighted by molar-refractivity contribution is 5.94. The van der Waals surface area contributed by atoms with Crippen molar-refractivity contribution in [1.82, 2.24) is 14.7 Å². The van der Waals surface area contributed by atoms with Crippen LogP contribution in [0.2, 0.25) is 0 Å². The van der Waals surface area contributed by atoms with Gasteiger partial charge in [0.1, 0.15) is 12.4 Å². The predicted molar refractivity (Wildman–Crippen MR) is 113 cm³/mol. The number of carboxylic acid groups (broad SMARTS) is 1. The largest absolute Gasteiger partial charge is 0.491 e. The standard InChI is InChI=1S/C23H23N3O4/c1-25(23(29)20-6-3-2-4-7-20)14-15-30-21-16-18(17-26-13-5-12-24-26)8-9-19(21)10-11-22(27)28/h2-13,16H,14-15,17H2,1H3,(H,27,28)/b11-10+. The topological polar surface area (TPSA) is 84.7 Å². The van der Waals surface area contributed by atoms with Crippen molar-refractivity contribution in [2.75, 3.05) is 20.2 Å². The fourth-order valence-electron chi connectivity index (χ4n) is 2.88. The van der Waals surface area contributed by atoms with Crippen LogP contribution in [0.15, 0.2) is 73.1 Å².